The first-order valence-corrected chi connectivity index (χ1v) is 9.68. The highest BCUT2D eigenvalue weighted by Crippen LogP contribution is 2.20. The maximum Gasteiger partial charge on any atom is 0.129 e. The van der Waals surface area contributed by atoms with Crippen molar-refractivity contribution in [3.63, 3.8) is 0 Å². The fourth-order valence-corrected chi connectivity index (χ4v) is 4.04. The molecule has 2 unspecified atom stereocenters. The van der Waals surface area contributed by atoms with E-state index in [0.717, 1.165) is 38.3 Å². The lowest BCUT2D eigenvalue weighted by Crippen LogP contribution is -2.38. The molecule has 5 nitrogen and oxygen atoms in total. The molecule has 25 heavy (non-hydrogen) atoms. The van der Waals surface area contributed by atoms with E-state index in [1.165, 1.54) is 9.75 Å². The third kappa shape index (κ3) is 6.24. The van der Waals surface area contributed by atoms with Gasteiger partial charge in [-0.25, -0.2) is 0 Å². The molecule has 6 heteroatoms. The number of furan rings is 1. The molecule has 1 saturated heterocycles. The van der Waals surface area contributed by atoms with E-state index < -0.39 is 6.10 Å². The van der Waals surface area contributed by atoms with Crippen LogP contribution in [0, 0.1) is 6.92 Å². The second-order valence-electron chi connectivity index (χ2n) is 6.59. The van der Waals surface area contributed by atoms with Crippen LogP contribution in [-0.4, -0.2) is 48.5 Å². The third-order valence-corrected chi connectivity index (χ3v) is 5.25. The van der Waals surface area contributed by atoms with Gasteiger partial charge in [0.1, 0.15) is 12.4 Å². The molecule has 2 aromatic heterocycles. The van der Waals surface area contributed by atoms with Gasteiger partial charge in [0.05, 0.1) is 25.1 Å². The van der Waals surface area contributed by atoms with Gasteiger partial charge < -0.3 is 19.0 Å². The molecule has 2 atom stereocenters. The van der Waals surface area contributed by atoms with Crippen LogP contribution < -0.4 is 0 Å². The molecule has 0 aromatic carbocycles. The molecule has 1 aliphatic rings. The quantitative estimate of drug-likeness (QED) is 0.701. The molecular formula is C19H27NO4S. The summed E-state index contributed by atoms with van der Waals surface area (Å²) in [6.07, 6.45) is 3.60. The Labute approximate surface area is 153 Å². The largest absolute Gasteiger partial charge is 0.467 e. The van der Waals surface area contributed by atoms with E-state index in [1.807, 2.05) is 23.5 Å². The molecule has 0 aliphatic carbocycles. The van der Waals surface area contributed by atoms with Crippen molar-refractivity contribution < 1.29 is 19.0 Å². The summed E-state index contributed by atoms with van der Waals surface area (Å²) in [7, 11) is 0. The molecule has 1 N–H and O–H groups in total. The van der Waals surface area contributed by atoms with E-state index in [0.29, 0.717) is 19.8 Å². The van der Waals surface area contributed by atoms with E-state index >= 15 is 0 Å². The lowest BCUT2D eigenvalue weighted by atomic mass is 10.2. The van der Waals surface area contributed by atoms with Crippen LogP contribution in [-0.2, 0) is 22.6 Å². The first kappa shape index (κ1) is 18.6. The molecule has 0 spiro atoms. The molecule has 3 rings (SSSR count). The normalized spacial score (nSPS) is 18.9. The van der Waals surface area contributed by atoms with Crippen LogP contribution in [0.3, 0.4) is 0 Å². The van der Waals surface area contributed by atoms with Gasteiger partial charge in [0.2, 0.25) is 0 Å². The summed E-state index contributed by atoms with van der Waals surface area (Å²) < 4.78 is 16.6. The summed E-state index contributed by atoms with van der Waals surface area (Å²) in [5.74, 6) is 0.775. The highest BCUT2D eigenvalue weighted by molar-refractivity contribution is 7.11. The smallest absolute Gasteiger partial charge is 0.129 e. The molecular weight excluding hydrogens is 338 g/mol. The van der Waals surface area contributed by atoms with Crippen LogP contribution in [0.4, 0.5) is 0 Å². The zero-order chi connectivity index (χ0) is 17.5. The lowest BCUT2D eigenvalue weighted by molar-refractivity contribution is -0.00616. The Hall–Kier alpha value is -1.18. The van der Waals surface area contributed by atoms with Crippen LogP contribution >= 0.6 is 11.3 Å². The second-order valence-corrected chi connectivity index (χ2v) is 7.96. The highest BCUT2D eigenvalue weighted by atomic mass is 32.1. The van der Waals surface area contributed by atoms with E-state index in [-0.39, 0.29) is 6.10 Å². The van der Waals surface area contributed by atoms with E-state index in [9.17, 15) is 5.11 Å². The number of hydrogen-bond donors (Lipinski definition) is 1. The maximum absolute atomic E-state index is 10.4. The topological polar surface area (TPSA) is 55.1 Å². The zero-order valence-corrected chi connectivity index (χ0v) is 15.5. The average molecular weight is 365 g/mol. The number of thiophene rings is 1. The maximum atomic E-state index is 10.4. The van der Waals surface area contributed by atoms with Gasteiger partial charge in [0.25, 0.3) is 0 Å². The van der Waals surface area contributed by atoms with Crippen molar-refractivity contribution in [2.75, 3.05) is 26.3 Å². The fourth-order valence-electron chi connectivity index (χ4n) is 3.11. The Bertz CT molecular complexity index is 607. The Kier molecular flexibility index (Phi) is 7.07. The molecule has 1 fully saturated rings. The summed E-state index contributed by atoms with van der Waals surface area (Å²) >= 11 is 1.81. The minimum atomic E-state index is -0.530. The predicted octanol–water partition coefficient (Wildman–Crippen LogP) is 3.21. The van der Waals surface area contributed by atoms with Crippen molar-refractivity contribution in [1.82, 2.24) is 4.90 Å². The molecule has 2 aromatic rings. The first-order valence-electron chi connectivity index (χ1n) is 8.86. The van der Waals surface area contributed by atoms with Crippen molar-refractivity contribution in [2.24, 2.45) is 0 Å². The minimum Gasteiger partial charge on any atom is -0.467 e. The van der Waals surface area contributed by atoms with Crippen LogP contribution in [0.2, 0.25) is 0 Å². The standard InChI is InChI=1S/C19H27NO4S/c1-15-6-7-19(25-15)12-20(11-17-4-2-8-23-17)10-16(21)13-22-14-18-5-3-9-24-18/h3,5-7,9,16-17,21H,2,4,8,10-14H2,1H3. The number of aliphatic hydroxyl groups is 1. The van der Waals surface area contributed by atoms with Crippen molar-refractivity contribution >= 4 is 11.3 Å². The summed E-state index contributed by atoms with van der Waals surface area (Å²) in [4.78, 5) is 4.91. The third-order valence-electron chi connectivity index (χ3n) is 4.26. The number of ether oxygens (including phenoxy) is 2. The van der Waals surface area contributed by atoms with E-state index in [1.54, 1.807) is 6.26 Å². The summed E-state index contributed by atoms with van der Waals surface area (Å²) in [6.45, 7) is 5.93. The Morgan fingerprint density at radius 2 is 2.32 bits per heavy atom. The molecule has 3 heterocycles. The Morgan fingerprint density at radius 1 is 1.40 bits per heavy atom. The molecule has 0 radical (unpaired) electrons. The van der Waals surface area contributed by atoms with Gasteiger partial charge >= 0.3 is 0 Å². The molecule has 1 aliphatic heterocycles. The number of aryl methyl sites for hydroxylation is 1. The Morgan fingerprint density at radius 3 is 3.00 bits per heavy atom. The number of rotatable bonds is 10. The average Bonchev–Trinajstić information content (AvgIpc) is 3.31. The summed E-state index contributed by atoms with van der Waals surface area (Å²) in [5.41, 5.74) is 0. The van der Waals surface area contributed by atoms with Crippen molar-refractivity contribution in [3.8, 4) is 0 Å². The first-order chi connectivity index (χ1) is 12.2. The lowest BCUT2D eigenvalue weighted by Gasteiger charge is -2.27. The van der Waals surface area contributed by atoms with Crippen LogP contribution in [0.15, 0.2) is 34.9 Å². The molecule has 0 amide bonds. The number of aliphatic hydroxyl groups excluding tert-OH is 1. The molecule has 0 saturated carbocycles. The fraction of sp³-hybridized carbons (Fsp3) is 0.579. The van der Waals surface area contributed by atoms with E-state index in [4.69, 9.17) is 13.9 Å². The number of hydrogen-bond acceptors (Lipinski definition) is 6. The van der Waals surface area contributed by atoms with Crippen molar-refractivity contribution in [1.29, 1.82) is 0 Å². The monoisotopic (exact) mass is 365 g/mol. The van der Waals surface area contributed by atoms with Gasteiger partial charge in [-0.05, 0) is 44.0 Å². The second kappa shape index (κ2) is 9.50. The summed E-state index contributed by atoms with van der Waals surface area (Å²) in [6, 6.07) is 8.02. The summed E-state index contributed by atoms with van der Waals surface area (Å²) in [5, 5.41) is 10.4. The predicted molar refractivity (Wildman–Crippen MR) is 97.7 cm³/mol. The Balaban J connectivity index is 1.48. The van der Waals surface area contributed by atoms with Gasteiger partial charge in [0, 0.05) is 36.0 Å². The van der Waals surface area contributed by atoms with Crippen LogP contribution in [0.5, 0.6) is 0 Å². The van der Waals surface area contributed by atoms with Gasteiger partial charge in [-0.3, -0.25) is 4.90 Å². The van der Waals surface area contributed by atoms with Crippen LogP contribution in [0.1, 0.15) is 28.4 Å². The van der Waals surface area contributed by atoms with Crippen molar-refractivity contribution in [2.45, 2.75) is 45.1 Å². The minimum absolute atomic E-state index is 0.275. The number of nitrogens with zero attached hydrogens (tertiary/aromatic N) is 1. The zero-order valence-electron chi connectivity index (χ0n) is 14.7. The van der Waals surface area contributed by atoms with Crippen molar-refractivity contribution in [3.05, 3.63) is 46.0 Å². The molecule has 0 bridgehead atoms. The van der Waals surface area contributed by atoms with Gasteiger partial charge in [-0.2, -0.15) is 0 Å². The van der Waals surface area contributed by atoms with Crippen LogP contribution in [0.25, 0.3) is 0 Å². The van der Waals surface area contributed by atoms with E-state index in [2.05, 4.69) is 24.0 Å². The van der Waals surface area contributed by atoms with Gasteiger partial charge in [-0.15, -0.1) is 11.3 Å². The SMILES string of the molecule is Cc1ccc(CN(CC(O)COCc2ccco2)CC2CCCO2)s1. The molecule has 138 valence electrons. The highest BCUT2D eigenvalue weighted by Gasteiger charge is 2.21. The van der Waals surface area contributed by atoms with Gasteiger partial charge in [-0.1, -0.05) is 0 Å². The van der Waals surface area contributed by atoms with Gasteiger partial charge in [0.15, 0.2) is 0 Å².